The van der Waals surface area contributed by atoms with Crippen molar-refractivity contribution >= 4 is 0 Å². The summed E-state index contributed by atoms with van der Waals surface area (Å²) in [6, 6.07) is 8.82. The van der Waals surface area contributed by atoms with Gasteiger partial charge in [-0.15, -0.1) is 10.2 Å². The normalized spacial score (nSPS) is 20.8. The second kappa shape index (κ2) is 5.40. The van der Waals surface area contributed by atoms with E-state index < -0.39 is 0 Å². The lowest BCUT2D eigenvalue weighted by atomic mass is 9.80. The number of aryl methyl sites for hydroxylation is 1. The molecule has 4 rings (SSSR count). The molecule has 22 heavy (non-hydrogen) atoms. The molecular weight excluding hydrogens is 276 g/mol. The zero-order valence-corrected chi connectivity index (χ0v) is 12.5. The first-order chi connectivity index (χ1) is 10.8. The molecule has 2 heterocycles. The first kappa shape index (κ1) is 13.2. The van der Waals surface area contributed by atoms with Crippen LogP contribution in [-0.4, -0.2) is 19.7 Å². The highest BCUT2D eigenvalue weighted by molar-refractivity contribution is 5.53. The maximum absolute atomic E-state index is 5.87. The molecular formula is C17H18N4O. The van der Waals surface area contributed by atoms with E-state index >= 15 is 0 Å². The lowest BCUT2D eigenvalue weighted by Crippen LogP contribution is -2.24. The van der Waals surface area contributed by atoms with Gasteiger partial charge in [0, 0.05) is 29.9 Å². The second-order valence-electron chi connectivity index (χ2n) is 5.83. The number of aromatic nitrogens is 4. The topological polar surface area (TPSA) is 56.7 Å². The Balaban J connectivity index is 1.46. The molecule has 1 aliphatic rings. The molecule has 0 bridgehead atoms. The van der Waals surface area contributed by atoms with E-state index in [1.54, 1.807) is 0 Å². The van der Waals surface area contributed by atoms with Gasteiger partial charge >= 0.3 is 0 Å². The molecule has 0 saturated heterocycles. The monoisotopic (exact) mass is 294 g/mol. The van der Waals surface area contributed by atoms with Gasteiger partial charge < -0.3 is 8.98 Å². The Morgan fingerprint density at radius 2 is 2.00 bits per heavy atom. The average molecular weight is 294 g/mol. The summed E-state index contributed by atoms with van der Waals surface area (Å²) < 4.78 is 8.02. The number of nitrogens with zero attached hydrogens (tertiary/aromatic N) is 4. The Hall–Kier alpha value is -2.43. The highest BCUT2D eigenvalue weighted by atomic mass is 16.4. The van der Waals surface area contributed by atoms with E-state index in [-0.39, 0.29) is 0 Å². The molecule has 5 nitrogen and oxygen atoms in total. The Morgan fingerprint density at radius 3 is 2.68 bits per heavy atom. The Morgan fingerprint density at radius 1 is 1.18 bits per heavy atom. The van der Waals surface area contributed by atoms with Gasteiger partial charge in [0.25, 0.3) is 0 Å². The number of hydrogen-bond acceptors (Lipinski definition) is 4. The van der Waals surface area contributed by atoms with Crippen LogP contribution in [0.2, 0.25) is 0 Å². The van der Waals surface area contributed by atoms with Crippen LogP contribution in [-0.2, 0) is 6.42 Å². The third kappa shape index (κ3) is 2.32. The minimum Gasteiger partial charge on any atom is -0.420 e. The van der Waals surface area contributed by atoms with E-state index in [0.717, 1.165) is 30.7 Å². The molecule has 2 aromatic heterocycles. The molecule has 1 aromatic carbocycles. The fraction of sp³-hybridized carbons (Fsp3) is 0.353. The molecule has 1 aliphatic carbocycles. The second-order valence-corrected chi connectivity index (χ2v) is 5.83. The van der Waals surface area contributed by atoms with Crippen LogP contribution >= 0.6 is 0 Å². The maximum Gasteiger partial charge on any atom is 0.247 e. The lowest BCUT2D eigenvalue weighted by molar-refractivity contribution is 0.230. The molecule has 0 atom stereocenters. The van der Waals surface area contributed by atoms with E-state index in [0.29, 0.717) is 17.9 Å². The van der Waals surface area contributed by atoms with E-state index in [4.69, 9.17) is 4.42 Å². The van der Waals surface area contributed by atoms with E-state index in [2.05, 4.69) is 38.8 Å². The van der Waals surface area contributed by atoms with Gasteiger partial charge in [0.2, 0.25) is 11.8 Å². The van der Waals surface area contributed by atoms with Crippen molar-refractivity contribution in [3.8, 4) is 11.5 Å². The van der Waals surface area contributed by atoms with Crippen LogP contribution in [0.15, 0.2) is 47.4 Å². The van der Waals surface area contributed by atoms with Crippen molar-refractivity contribution in [1.82, 2.24) is 19.7 Å². The van der Waals surface area contributed by atoms with Gasteiger partial charge in [-0.05, 0) is 37.0 Å². The Bertz CT molecular complexity index is 739. The van der Waals surface area contributed by atoms with Gasteiger partial charge in [-0.2, -0.15) is 0 Å². The summed E-state index contributed by atoms with van der Waals surface area (Å²) in [5.74, 6) is 1.73. The van der Waals surface area contributed by atoms with E-state index in [1.165, 1.54) is 5.56 Å². The molecule has 0 amide bonds. The molecule has 0 radical (unpaired) electrons. The molecule has 0 unspecified atom stereocenters. The van der Waals surface area contributed by atoms with Crippen molar-refractivity contribution in [2.24, 2.45) is 0 Å². The van der Waals surface area contributed by atoms with Crippen molar-refractivity contribution < 1.29 is 4.42 Å². The Kier molecular flexibility index (Phi) is 3.25. The maximum atomic E-state index is 5.87. The van der Waals surface area contributed by atoms with Gasteiger partial charge in [-0.3, -0.25) is 0 Å². The molecule has 0 spiro atoms. The predicted octanol–water partition coefficient (Wildman–Crippen LogP) is 3.61. The summed E-state index contributed by atoms with van der Waals surface area (Å²) in [5, 5.41) is 8.43. The minimum atomic E-state index is 0.364. The van der Waals surface area contributed by atoms with E-state index in [1.807, 2.05) is 30.9 Å². The van der Waals surface area contributed by atoms with Crippen molar-refractivity contribution in [3.63, 3.8) is 0 Å². The summed E-state index contributed by atoms with van der Waals surface area (Å²) in [6.07, 6.45) is 8.80. The van der Waals surface area contributed by atoms with Crippen molar-refractivity contribution in [2.45, 2.75) is 38.1 Å². The largest absolute Gasteiger partial charge is 0.420 e. The third-order valence-corrected chi connectivity index (χ3v) is 4.46. The van der Waals surface area contributed by atoms with Crippen LogP contribution in [0.4, 0.5) is 0 Å². The summed E-state index contributed by atoms with van der Waals surface area (Å²) in [5.41, 5.74) is 2.30. The fourth-order valence-corrected chi connectivity index (χ4v) is 2.92. The molecule has 1 fully saturated rings. The zero-order valence-electron chi connectivity index (χ0n) is 12.5. The van der Waals surface area contributed by atoms with Crippen molar-refractivity contribution in [2.75, 3.05) is 0 Å². The summed E-state index contributed by atoms with van der Waals surface area (Å²) in [7, 11) is 0. The summed E-state index contributed by atoms with van der Waals surface area (Å²) in [6.45, 7) is 2.15. The Labute approximate surface area is 129 Å². The van der Waals surface area contributed by atoms with Gasteiger partial charge in [0.05, 0.1) is 6.33 Å². The third-order valence-electron chi connectivity index (χ3n) is 4.46. The molecule has 0 aliphatic heterocycles. The summed E-state index contributed by atoms with van der Waals surface area (Å²) in [4.78, 5) is 4.09. The number of benzene rings is 1. The van der Waals surface area contributed by atoms with Crippen LogP contribution < -0.4 is 0 Å². The highest BCUT2D eigenvalue weighted by Crippen LogP contribution is 2.44. The van der Waals surface area contributed by atoms with Crippen molar-refractivity contribution in [1.29, 1.82) is 0 Å². The molecule has 112 valence electrons. The van der Waals surface area contributed by atoms with Gasteiger partial charge in [-0.1, -0.05) is 19.1 Å². The number of hydrogen-bond donors (Lipinski definition) is 0. The van der Waals surface area contributed by atoms with Crippen LogP contribution in [0.25, 0.3) is 11.5 Å². The molecule has 1 saturated carbocycles. The van der Waals surface area contributed by atoms with Crippen LogP contribution in [0, 0.1) is 0 Å². The van der Waals surface area contributed by atoms with Crippen LogP contribution in [0.3, 0.4) is 0 Å². The average Bonchev–Trinajstić information content (AvgIpc) is 3.18. The quantitative estimate of drug-likeness (QED) is 0.737. The smallest absolute Gasteiger partial charge is 0.247 e. The fourth-order valence-electron chi connectivity index (χ4n) is 2.92. The first-order valence-corrected chi connectivity index (χ1v) is 7.73. The van der Waals surface area contributed by atoms with Crippen molar-refractivity contribution in [3.05, 3.63) is 54.4 Å². The molecule has 3 aromatic rings. The minimum absolute atomic E-state index is 0.364. The summed E-state index contributed by atoms with van der Waals surface area (Å²) >= 11 is 0. The SMILES string of the molecule is CCc1ccc(-c2nnc(C3CC(n4ccnc4)C3)o2)cc1. The molecule has 0 N–H and O–H groups in total. The lowest BCUT2D eigenvalue weighted by Gasteiger charge is -2.33. The standard InChI is InChI=1S/C17H18N4O/c1-2-12-3-5-13(6-4-12)16-19-20-17(22-16)14-9-15(10-14)21-8-7-18-11-21/h3-8,11,14-15H,2,9-10H2,1H3. The zero-order chi connectivity index (χ0) is 14.9. The van der Waals surface area contributed by atoms with Crippen LogP contribution in [0.1, 0.15) is 43.2 Å². The molecule has 5 heteroatoms. The predicted molar refractivity (Wildman–Crippen MR) is 82.4 cm³/mol. The van der Waals surface area contributed by atoms with Gasteiger partial charge in [0.1, 0.15) is 0 Å². The van der Waals surface area contributed by atoms with E-state index in [9.17, 15) is 0 Å². The number of rotatable bonds is 4. The number of imidazole rings is 1. The first-order valence-electron chi connectivity index (χ1n) is 7.73. The van der Waals surface area contributed by atoms with Crippen LogP contribution in [0.5, 0.6) is 0 Å². The van der Waals surface area contributed by atoms with Gasteiger partial charge in [-0.25, -0.2) is 4.98 Å². The highest BCUT2D eigenvalue weighted by Gasteiger charge is 2.35. The van der Waals surface area contributed by atoms with Gasteiger partial charge in [0.15, 0.2) is 0 Å².